The van der Waals surface area contributed by atoms with Gasteiger partial charge in [-0.3, -0.25) is 14.0 Å². The fraction of sp³-hybridized carbons (Fsp3) is 0.409. The van der Waals surface area contributed by atoms with Gasteiger partial charge in [-0.1, -0.05) is 23.7 Å². The minimum atomic E-state index is -3.30. The number of hydrogen-bond acceptors (Lipinski definition) is 4. The molecule has 2 aliphatic heterocycles. The minimum absolute atomic E-state index is 0.0143. The average Bonchev–Trinajstić information content (AvgIpc) is 2.74. The Labute approximate surface area is 183 Å². The smallest absolute Gasteiger partial charge is 0.253 e. The van der Waals surface area contributed by atoms with Crippen LogP contribution < -0.4 is 4.31 Å². The Hall–Kier alpha value is -2.09. The summed E-state index contributed by atoms with van der Waals surface area (Å²) in [6, 6.07) is 13.3. The number of carbonyl (C=O) groups is 1. The molecule has 0 N–H and O–H groups in total. The molecule has 0 saturated carbocycles. The highest BCUT2D eigenvalue weighted by Gasteiger charge is 2.27. The van der Waals surface area contributed by atoms with Crippen LogP contribution in [0, 0.1) is 0 Å². The Balaban J connectivity index is 1.40. The predicted octanol–water partition coefficient (Wildman–Crippen LogP) is 3.01. The van der Waals surface area contributed by atoms with E-state index in [-0.39, 0.29) is 5.91 Å². The summed E-state index contributed by atoms with van der Waals surface area (Å²) in [6.45, 7) is 4.34. The highest BCUT2D eigenvalue weighted by molar-refractivity contribution is 7.92. The normalized spacial score (nSPS) is 17.7. The largest absolute Gasteiger partial charge is 0.336 e. The second kappa shape index (κ2) is 8.57. The van der Waals surface area contributed by atoms with E-state index >= 15 is 0 Å². The monoisotopic (exact) mass is 447 g/mol. The second-order valence-corrected chi connectivity index (χ2v) is 10.3. The Kier molecular flexibility index (Phi) is 6.04. The molecule has 8 heteroatoms. The van der Waals surface area contributed by atoms with Gasteiger partial charge in [0.25, 0.3) is 5.91 Å². The van der Waals surface area contributed by atoms with Crippen LogP contribution in [0.4, 0.5) is 5.69 Å². The number of rotatable bonds is 4. The molecule has 2 aliphatic rings. The summed E-state index contributed by atoms with van der Waals surface area (Å²) < 4.78 is 25.5. The molecule has 160 valence electrons. The van der Waals surface area contributed by atoms with Crippen molar-refractivity contribution < 1.29 is 13.2 Å². The third-order valence-electron chi connectivity index (χ3n) is 5.78. The van der Waals surface area contributed by atoms with Gasteiger partial charge in [0.1, 0.15) is 0 Å². The van der Waals surface area contributed by atoms with Gasteiger partial charge in [0.15, 0.2) is 0 Å². The van der Waals surface area contributed by atoms with Crippen LogP contribution in [0.15, 0.2) is 42.5 Å². The molecule has 0 atom stereocenters. The van der Waals surface area contributed by atoms with E-state index in [1.54, 1.807) is 12.1 Å². The van der Waals surface area contributed by atoms with Gasteiger partial charge in [-0.15, -0.1) is 0 Å². The van der Waals surface area contributed by atoms with Crippen LogP contribution in [0.25, 0.3) is 0 Å². The first-order valence-electron chi connectivity index (χ1n) is 10.2. The topological polar surface area (TPSA) is 60.9 Å². The van der Waals surface area contributed by atoms with E-state index in [4.69, 9.17) is 11.6 Å². The van der Waals surface area contributed by atoms with E-state index in [1.165, 1.54) is 16.1 Å². The summed E-state index contributed by atoms with van der Waals surface area (Å²) in [7, 11) is -3.30. The van der Waals surface area contributed by atoms with E-state index in [0.29, 0.717) is 30.9 Å². The summed E-state index contributed by atoms with van der Waals surface area (Å²) in [5, 5.41) is 0.735. The molecule has 6 nitrogen and oxygen atoms in total. The van der Waals surface area contributed by atoms with Crippen molar-refractivity contribution in [1.29, 1.82) is 0 Å². The van der Waals surface area contributed by atoms with Gasteiger partial charge in [0.05, 0.1) is 11.9 Å². The van der Waals surface area contributed by atoms with Gasteiger partial charge < -0.3 is 4.90 Å². The molecule has 0 unspecified atom stereocenters. The van der Waals surface area contributed by atoms with Crippen molar-refractivity contribution in [3.05, 3.63) is 64.2 Å². The number of halogens is 1. The molecule has 2 aromatic rings. The molecule has 1 fully saturated rings. The zero-order valence-corrected chi connectivity index (χ0v) is 18.6. The van der Waals surface area contributed by atoms with Crippen molar-refractivity contribution in [3.63, 3.8) is 0 Å². The van der Waals surface area contributed by atoms with E-state index < -0.39 is 10.0 Å². The summed E-state index contributed by atoms with van der Waals surface area (Å²) in [6.07, 6.45) is 2.78. The molecule has 0 spiro atoms. The third kappa shape index (κ3) is 4.63. The van der Waals surface area contributed by atoms with Crippen molar-refractivity contribution in [2.24, 2.45) is 0 Å². The Morgan fingerprint density at radius 3 is 2.37 bits per heavy atom. The van der Waals surface area contributed by atoms with Crippen LogP contribution in [0.1, 0.15) is 27.9 Å². The first kappa shape index (κ1) is 21.2. The lowest BCUT2D eigenvalue weighted by molar-refractivity contribution is 0.0628. The van der Waals surface area contributed by atoms with Crippen LogP contribution >= 0.6 is 11.6 Å². The van der Waals surface area contributed by atoms with Gasteiger partial charge in [0.2, 0.25) is 10.0 Å². The van der Waals surface area contributed by atoms with Crippen molar-refractivity contribution in [3.8, 4) is 0 Å². The van der Waals surface area contributed by atoms with Crippen molar-refractivity contribution in [1.82, 2.24) is 9.80 Å². The van der Waals surface area contributed by atoms with Gasteiger partial charge in [-0.25, -0.2) is 8.42 Å². The maximum absolute atomic E-state index is 13.0. The van der Waals surface area contributed by atoms with Crippen LogP contribution in [0.5, 0.6) is 0 Å². The molecular weight excluding hydrogens is 422 g/mol. The Bertz CT molecular complexity index is 1030. The molecule has 2 aromatic carbocycles. The summed E-state index contributed by atoms with van der Waals surface area (Å²) in [4.78, 5) is 17.3. The number of hydrogen-bond donors (Lipinski definition) is 0. The lowest BCUT2D eigenvalue weighted by Gasteiger charge is -2.35. The minimum Gasteiger partial charge on any atom is -0.336 e. The summed E-state index contributed by atoms with van der Waals surface area (Å²) in [5.74, 6) is 0.0143. The quantitative estimate of drug-likeness (QED) is 0.722. The van der Waals surface area contributed by atoms with Crippen LogP contribution in [0.3, 0.4) is 0 Å². The highest BCUT2D eigenvalue weighted by atomic mass is 35.5. The van der Waals surface area contributed by atoms with Crippen molar-refractivity contribution in [2.75, 3.05) is 43.3 Å². The first-order chi connectivity index (χ1) is 14.3. The fourth-order valence-electron chi connectivity index (χ4n) is 4.18. The molecule has 0 bridgehead atoms. The number of benzene rings is 2. The zero-order chi connectivity index (χ0) is 21.3. The first-order valence-corrected chi connectivity index (χ1v) is 12.4. The number of nitrogens with zero attached hydrogens (tertiary/aromatic N) is 3. The number of anilines is 1. The molecule has 30 heavy (non-hydrogen) atoms. The van der Waals surface area contributed by atoms with Crippen molar-refractivity contribution in [2.45, 2.75) is 19.4 Å². The number of piperazine rings is 1. The molecule has 2 heterocycles. The maximum atomic E-state index is 13.0. The van der Waals surface area contributed by atoms with Crippen LogP contribution in [-0.2, 0) is 23.0 Å². The highest BCUT2D eigenvalue weighted by Crippen LogP contribution is 2.30. The Morgan fingerprint density at radius 1 is 1.00 bits per heavy atom. The average molecular weight is 448 g/mol. The van der Waals surface area contributed by atoms with E-state index in [1.807, 2.05) is 35.2 Å². The summed E-state index contributed by atoms with van der Waals surface area (Å²) >= 11 is 5.95. The predicted molar refractivity (Wildman–Crippen MR) is 120 cm³/mol. The maximum Gasteiger partial charge on any atom is 0.253 e. The van der Waals surface area contributed by atoms with E-state index in [9.17, 15) is 13.2 Å². The van der Waals surface area contributed by atoms with Gasteiger partial charge in [-0.05, 0) is 54.3 Å². The van der Waals surface area contributed by atoms with E-state index in [0.717, 1.165) is 43.1 Å². The molecule has 1 amide bonds. The molecular formula is C22H26ClN3O3S. The second-order valence-electron chi connectivity index (χ2n) is 7.98. The summed E-state index contributed by atoms with van der Waals surface area (Å²) in [5.41, 5.74) is 3.48. The number of fused-ring (bicyclic) bond motifs is 1. The number of carbonyl (C=O) groups excluding carboxylic acids is 1. The van der Waals surface area contributed by atoms with Crippen LogP contribution in [-0.4, -0.2) is 63.1 Å². The van der Waals surface area contributed by atoms with E-state index in [2.05, 4.69) is 4.90 Å². The molecule has 0 radical (unpaired) electrons. The number of amides is 1. The third-order valence-corrected chi connectivity index (χ3v) is 7.21. The fourth-order valence-corrected chi connectivity index (χ4v) is 5.30. The van der Waals surface area contributed by atoms with Gasteiger partial charge in [-0.2, -0.15) is 0 Å². The number of sulfonamides is 1. The Morgan fingerprint density at radius 2 is 1.70 bits per heavy atom. The standard InChI is InChI=1S/C22H26ClN3O3S/c1-30(28,29)26-10-2-3-18-15-19(6-9-21(18)26)22(27)25-13-11-24(12-14-25)16-17-4-7-20(23)8-5-17/h4-9,15H,2-3,10-14,16H2,1H3. The zero-order valence-electron chi connectivity index (χ0n) is 17.1. The lowest BCUT2D eigenvalue weighted by Crippen LogP contribution is -2.48. The lowest BCUT2D eigenvalue weighted by atomic mass is 10.00. The molecule has 0 aliphatic carbocycles. The molecule has 1 saturated heterocycles. The molecule has 0 aromatic heterocycles. The number of aryl methyl sites for hydroxylation is 1. The van der Waals surface area contributed by atoms with Crippen LogP contribution in [0.2, 0.25) is 5.02 Å². The molecule has 4 rings (SSSR count). The van der Waals surface area contributed by atoms with Crippen molar-refractivity contribution >= 4 is 33.2 Å². The SMILES string of the molecule is CS(=O)(=O)N1CCCc2cc(C(=O)N3CCN(Cc4ccc(Cl)cc4)CC3)ccc21. The van der Waals surface area contributed by atoms with Gasteiger partial charge >= 0.3 is 0 Å². The van der Waals surface area contributed by atoms with Gasteiger partial charge in [0, 0.05) is 49.9 Å².